The van der Waals surface area contributed by atoms with Gasteiger partial charge in [-0.05, 0) is 114 Å². The second-order valence-corrected chi connectivity index (χ2v) is 13.3. The van der Waals surface area contributed by atoms with Crippen LogP contribution in [0, 0.1) is 53.3 Å². The summed E-state index contributed by atoms with van der Waals surface area (Å²) in [4.78, 5) is 11.3. The van der Waals surface area contributed by atoms with Crippen molar-refractivity contribution >= 4 is 5.97 Å². The Morgan fingerprint density at radius 1 is 0.744 bits per heavy atom. The van der Waals surface area contributed by atoms with Crippen LogP contribution < -0.4 is 4.74 Å². The molecule has 2 aromatic rings. The van der Waals surface area contributed by atoms with Gasteiger partial charge in [-0.1, -0.05) is 77.1 Å². The van der Waals surface area contributed by atoms with Gasteiger partial charge in [0.15, 0.2) is 0 Å². The van der Waals surface area contributed by atoms with Gasteiger partial charge in [-0.25, -0.2) is 0 Å². The van der Waals surface area contributed by atoms with Gasteiger partial charge in [0, 0.05) is 6.42 Å². The third-order valence-corrected chi connectivity index (χ3v) is 11.7. The molecule has 0 aromatic heterocycles. The lowest BCUT2D eigenvalue weighted by Gasteiger charge is -2.39. The summed E-state index contributed by atoms with van der Waals surface area (Å²) in [6.45, 7) is 12.4. The van der Waals surface area contributed by atoms with Gasteiger partial charge >= 0.3 is 5.97 Å². The van der Waals surface area contributed by atoms with Crippen LogP contribution in [0.4, 0.5) is 0 Å². The topological polar surface area (TPSA) is 35.5 Å². The van der Waals surface area contributed by atoms with E-state index in [0.717, 1.165) is 59.5 Å². The van der Waals surface area contributed by atoms with Gasteiger partial charge in [0.05, 0.1) is 13.7 Å². The molecule has 0 aliphatic heterocycles. The molecule has 4 fully saturated rings. The van der Waals surface area contributed by atoms with Crippen LogP contribution in [-0.4, -0.2) is 19.7 Å². The first-order valence-electron chi connectivity index (χ1n) is 15.7. The molecule has 0 radical (unpaired) electrons. The lowest BCUT2D eigenvalue weighted by molar-refractivity contribution is -0.145. The fourth-order valence-electron chi connectivity index (χ4n) is 9.18. The van der Waals surface area contributed by atoms with Crippen LogP contribution in [0.1, 0.15) is 89.7 Å². The zero-order valence-corrected chi connectivity index (χ0v) is 25.0. The summed E-state index contributed by atoms with van der Waals surface area (Å²) in [5.41, 5.74) is 3.02. The Morgan fingerprint density at radius 3 is 1.87 bits per heavy atom. The van der Waals surface area contributed by atoms with Crippen molar-refractivity contribution in [2.45, 2.75) is 78.6 Å². The highest BCUT2D eigenvalue weighted by atomic mass is 16.5. The normalized spacial score (nSPS) is 37.8. The molecule has 3 heteroatoms. The van der Waals surface area contributed by atoms with Crippen LogP contribution in [-0.2, 0) is 9.53 Å². The Morgan fingerprint density at radius 2 is 1.33 bits per heavy atom. The molecule has 212 valence electrons. The van der Waals surface area contributed by atoms with Crippen molar-refractivity contribution in [1.82, 2.24) is 0 Å². The highest BCUT2D eigenvalue weighted by molar-refractivity contribution is 5.69. The molecule has 4 bridgehead atoms. The molecule has 3 nitrogen and oxygen atoms in total. The fourth-order valence-corrected chi connectivity index (χ4v) is 9.18. The third-order valence-electron chi connectivity index (χ3n) is 11.7. The number of rotatable bonds is 7. The van der Waals surface area contributed by atoms with Crippen molar-refractivity contribution in [3.05, 3.63) is 65.7 Å². The van der Waals surface area contributed by atoms with Crippen LogP contribution >= 0.6 is 0 Å². The minimum atomic E-state index is -0.00836. The lowest BCUT2D eigenvalue weighted by atomic mass is 9.65. The molecule has 0 heterocycles. The Kier molecular flexibility index (Phi) is 8.74. The second-order valence-electron chi connectivity index (χ2n) is 13.3. The summed E-state index contributed by atoms with van der Waals surface area (Å²) in [5.74, 6) is 9.63. The van der Waals surface area contributed by atoms with Crippen molar-refractivity contribution in [3.8, 4) is 5.75 Å². The molecule has 0 N–H and O–H groups in total. The predicted molar refractivity (Wildman–Crippen MR) is 159 cm³/mol. The van der Waals surface area contributed by atoms with Gasteiger partial charge in [-0.3, -0.25) is 4.79 Å². The molecule has 4 aliphatic rings. The predicted octanol–water partition coefficient (Wildman–Crippen LogP) is 8.74. The van der Waals surface area contributed by atoms with Crippen molar-refractivity contribution in [3.63, 3.8) is 0 Å². The second kappa shape index (κ2) is 12.1. The standard InChI is InChI=1S/C22H26O.C14H24O2/c1-14-15(2)20-13-19(14)21(16-7-5-4-6-8-16)22(20)17-9-11-18(23-3)12-10-17;1-4-5-14(15)16-8-12-6-11-7-13(12)10(3)9(11)2/h4-12,14-15,19-22H,13H2,1-3H3;9-13H,4-8H2,1-3H3. The third kappa shape index (κ3) is 5.52. The van der Waals surface area contributed by atoms with E-state index < -0.39 is 0 Å². The first-order chi connectivity index (χ1) is 18.8. The summed E-state index contributed by atoms with van der Waals surface area (Å²) >= 11 is 0. The summed E-state index contributed by atoms with van der Waals surface area (Å²) in [6.07, 6.45) is 5.52. The number of carbonyl (C=O) groups is 1. The zero-order valence-electron chi connectivity index (χ0n) is 25.0. The van der Waals surface area contributed by atoms with Crippen molar-refractivity contribution in [2.24, 2.45) is 53.3 Å². The van der Waals surface area contributed by atoms with Gasteiger partial charge in [-0.2, -0.15) is 0 Å². The number of benzene rings is 2. The number of carbonyl (C=O) groups excluding carboxylic acids is 1. The molecule has 11 unspecified atom stereocenters. The van der Waals surface area contributed by atoms with Gasteiger partial charge in [-0.15, -0.1) is 0 Å². The quantitative estimate of drug-likeness (QED) is 0.336. The molecular weight excluding hydrogens is 480 g/mol. The Balaban J connectivity index is 0.000000169. The van der Waals surface area contributed by atoms with E-state index in [0.29, 0.717) is 30.8 Å². The van der Waals surface area contributed by atoms with Crippen molar-refractivity contribution in [2.75, 3.05) is 13.7 Å². The van der Waals surface area contributed by atoms with E-state index in [1.54, 1.807) is 7.11 Å². The summed E-state index contributed by atoms with van der Waals surface area (Å²) in [5, 5.41) is 0. The molecule has 0 saturated heterocycles. The molecule has 0 amide bonds. The zero-order chi connectivity index (χ0) is 27.7. The average molecular weight is 531 g/mol. The van der Waals surface area contributed by atoms with E-state index >= 15 is 0 Å². The molecule has 4 saturated carbocycles. The van der Waals surface area contributed by atoms with Gasteiger partial charge in [0.1, 0.15) is 5.75 Å². The minimum Gasteiger partial charge on any atom is -0.497 e. The number of hydrogen-bond donors (Lipinski definition) is 0. The van der Waals surface area contributed by atoms with Gasteiger partial charge < -0.3 is 9.47 Å². The molecule has 4 aliphatic carbocycles. The first kappa shape index (κ1) is 28.2. The highest BCUT2D eigenvalue weighted by Crippen LogP contribution is 2.65. The molecule has 6 rings (SSSR count). The van der Waals surface area contributed by atoms with Crippen LogP contribution in [0.15, 0.2) is 54.6 Å². The maximum Gasteiger partial charge on any atom is 0.305 e. The Bertz CT molecular complexity index is 1080. The smallest absolute Gasteiger partial charge is 0.305 e. The number of fused-ring (bicyclic) bond motifs is 4. The van der Waals surface area contributed by atoms with Crippen LogP contribution in [0.5, 0.6) is 5.75 Å². The highest BCUT2D eigenvalue weighted by Gasteiger charge is 2.55. The molecular formula is C36H50O3. The Hall–Kier alpha value is -2.29. The van der Waals surface area contributed by atoms with E-state index in [-0.39, 0.29) is 5.97 Å². The first-order valence-corrected chi connectivity index (χ1v) is 15.7. The van der Waals surface area contributed by atoms with E-state index in [9.17, 15) is 4.79 Å². The van der Waals surface area contributed by atoms with Crippen molar-refractivity contribution < 1.29 is 14.3 Å². The number of methoxy groups -OCH3 is 1. The summed E-state index contributed by atoms with van der Waals surface area (Å²) < 4.78 is 10.7. The van der Waals surface area contributed by atoms with E-state index in [1.807, 2.05) is 6.92 Å². The molecule has 2 aromatic carbocycles. The largest absolute Gasteiger partial charge is 0.497 e. The minimum absolute atomic E-state index is 0.00836. The van der Waals surface area contributed by atoms with Crippen LogP contribution in [0.3, 0.4) is 0 Å². The molecule has 11 atom stereocenters. The Labute approximate surface area is 237 Å². The van der Waals surface area contributed by atoms with Gasteiger partial charge in [0.25, 0.3) is 0 Å². The maximum absolute atomic E-state index is 11.3. The fraction of sp³-hybridized carbons (Fsp3) is 0.639. The molecule has 39 heavy (non-hydrogen) atoms. The average Bonchev–Trinajstić information content (AvgIpc) is 3.70. The monoisotopic (exact) mass is 530 g/mol. The van der Waals surface area contributed by atoms with Gasteiger partial charge in [0.2, 0.25) is 0 Å². The molecule has 0 spiro atoms. The SMILES string of the molecule is CCCC(=O)OCC1CC2CC1C(C)C2C.COc1ccc(C2C3CC(C(C)C3C)C2c2ccccc2)cc1. The lowest BCUT2D eigenvalue weighted by Crippen LogP contribution is -2.29. The number of hydrogen-bond acceptors (Lipinski definition) is 3. The number of ether oxygens (including phenoxy) is 2. The number of esters is 1. The summed E-state index contributed by atoms with van der Waals surface area (Å²) in [6, 6.07) is 20.0. The van der Waals surface area contributed by atoms with Crippen LogP contribution in [0.25, 0.3) is 0 Å². The summed E-state index contributed by atoms with van der Waals surface area (Å²) in [7, 11) is 1.74. The van der Waals surface area contributed by atoms with Crippen molar-refractivity contribution in [1.29, 1.82) is 0 Å². The van der Waals surface area contributed by atoms with Crippen LogP contribution in [0.2, 0.25) is 0 Å². The van der Waals surface area contributed by atoms with E-state index in [2.05, 4.69) is 82.3 Å². The maximum atomic E-state index is 11.3. The van der Waals surface area contributed by atoms with E-state index in [1.165, 1.54) is 30.4 Å². The van der Waals surface area contributed by atoms with E-state index in [4.69, 9.17) is 9.47 Å².